The number of furan rings is 1. The molecule has 0 aliphatic heterocycles. The average molecular weight is 298 g/mol. The van der Waals surface area contributed by atoms with Crippen LogP contribution in [0, 0.1) is 0 Å². The van der Waals surface area contributed by atoms with Gasteiger partial charge in [0, 0.05) is 13.5 Å². The van der Waals surface area contributed by atoms with Crippen LogP contribution in [0.25, 0.3) is 0 Å². The summed E-state index contributed by atoms with van der Waals surface area (Å²) in [4.78, 5) is 28.9. The Morgan fingerprint density at radius 3 is 2.57 bits per heavy atom. The molecule has 1 aromatic rings. The third-order valence-electron chi connectivity index (χ3n) is 2.56. The molecule has 0 radical (unpaired) electrons. The summed E-state index contributed by atoms with van der Waals surface area (Å²) in [6.45, 7) is 5.24. The first kappa shape index (κ1) is 17.0. The van der Waals surface area contributed by atoms with E-state index in [-0.39, 0.29) is 6.42 Å². The van der Waals surface area contributed by atoms with Crippen molar-refractivity contribution in [1.29, 1.82) is 0 Å². The molecule has 0 aromatic carbocycles. The number of hydrogen-bond donors (Lipinski definition) is 1. The van der Waals surface area contributed by atoms with E-state index in [0.29, 0.717) is 5.76 Å². The number of likely N-dealkylation sites (N-methyl/N-ethyl adjacent to an activating group) is 1. The van der Waals surface area contributed by atoms with E-state index < -0.39 is 23.6 Å². The minimum absolute atomic E-state index is 0.207. The van der Waals surface area contributed by atoms with E-state index in [0.717, 1.165) is 5.06 Å². The van der Waals surface area contributed by atoms with Crippen LogP contribution < -0.4 is 5.32 Å². The fraction of sp³-hybridized carbons (Fsp3) is 0.571. The molecule has 1 atom stereocenters. The van der Waals surface area contributed by atoms with Crippen molar-refractivity contribution in [3.8, 4) is 0 Å². The van der Waals surface area contributed by atoms with E-state index >= 15 is 0 Å². The highest BCUT2D eigenvalue weighted by Crippen LogP contribution is 2.10. The summed E-state index contributed by atoms with van der Waals surface area (Å²) >= 11 is 0. The van der Waals surface area contributed by atoms with Crippen molar-refractivity contribution in [1.82, 2.24) is 10.4 Å². The molecule has 0 bridgehead atoms. The lowest BCUT2D eigenvalue weighted by molar-refractivity contribution is -0.171. The van der Waals surface area contributed by atoms with Gasteiger partial charge in [-0.2, -0.15) is 0 Å². The zero-order chi connectivity index (χ0) is 16.0. The van der Waals surface area contributed by atoms with Crippen LogP contribution >= 0.6 is 0 Å². The second-order valence-corrected chi connectivity index (χ2v) is 5.50. The molecule has 0 saturated heterocycles. The highest BCUT2D eigenvalue weighted by atomic mass is 16.7. The summed E-state index contributed by atoms with van der Waals surface area (Å²) in [5.74, 6) is 0.175. The topological polar surface area (TPSA) is 81.0 Å². The van der Waals surface area contributed by atoms with Gasteiger partial charge in [0.05, 0.1) is 13.4 Å². The van der Waals surface area contributed by atoms with Gasteiger partial charge in [0.2, 0.25) is 0 Å². The van der Waals surface area contributed by atoms with Crippen LogP contribution in [0.4, 0.5) is 4.79 Å². The molecular formula is C14H22N2O5. The van der Waals surface area contributed by atoms with Gasteiger partial charge in [0.1, 0.15) is 17.4 Å². The average Bonchev–Trinajstić information content (AvgIpc) is 2.86. The second kappa shape index (κ2) is 7.12. The molecule has 0 unspecified atom stereocenters. The van der Waals surface area contributed by atoms with Crippen LogP contribution in [-0.2, 0) is 20.8 Å². The predicted octanol–water partition coefficient (Wildman–Crippen LogP) is 1.74. The molecule has 1 aromatic heterocycles. The Hall–Kier alpha value is -2.02. The smallest absolute Gasteiger partial charge is 0.408 e. The highest BCUT2D eigenvalue weighted by Gasteiger charge is 2.27. The van der Waals surface area contributed by atoms with Crippen LogP contribution in [0.3, 0.4) is 0 Å². The number of alkyl carbamates (subject to hydrolysis) is 1. The molecule has 7 nitrogen and oxygen atoms in total. The summed E-state index contributed by atoms with van der Waals surface area (Å²) in [5.41, 5.74) is -0.643. The summed E-state index contributed by atoms with van der Waals surface area (Å²) in [5, 5.41) is 3.58. The lowest BCUT2D eigenvalue weighted by Crippen LogP contribution is -2.49. The third-order valence-corrected chi connectivity index (χ3v) is 2.56. The van der Waals surface area contributed by atoms with Crippen molar-refractivity contribution < 1.29 is 23.6 Å². The van der Waals surface area contributed by atoms with Crippen molar-refractivity contribution in [2.45, 2.75) is 38.8 Å². The number of hydroxylamine groups is 2. The van der Waals surface area contributed by atoms with Gasteiger partial charge in [-0.15, -0.1) is 0 Å². The first-order valence-corrected chi connectivity index (χ1v) is 6.56. The zero-order valence-corrected chi connectivity index (χ0v) is 13.0. The maximum atomic E-state index is 12.2. The lowest BCUT2D eigenvalue weighted by atomic mass is 10.1. The molecule has 1 heterocycles. The van der Waals surface area contributed by atoms with Crippen LogP contribution in [0.5, 0.6) is 0 Å². The summed E-state index contributed by atoms with van der Waals surface area (Å²) in [6, 6.07) is 2.60. The molecule has 0 aliphatic rings. The summed E-state index contributed by atoms with van der Waals surface area (Å²) in [7, 11) is 2.84. The molecular weight excluding hydrogens is 276 g/mol. The van der Waals surface area contributed by atoms with Crippen molar-refractivity contribution >= 4 is 12.0 Å². The Morgan fingerprint density at radius 2 is 2.10 bits per heavy atom. The number of carbonyl (C=O) groups is 2. The first-order valence-electron chi connectivity index (χ1n) is 6.56. The minimum Gasteiger partial charge on any atom is -0.469 e. The Balaban J connectivity index is 2.76. The Morgan fingerprint density at radius 1 is 1.43 bits per heavy atom. The molecule has 7 heteroatoms. The van der Waals surface area contributed by atoms with Crippen molar-refractivity contribution in [3.63, 3.8) is 0 Å². The van der Waals surface area contributed by atoms with Crippen LogP contribution in [-0.4, -0.2) is 42.9 Å². The monoisotopic (exact) mass is 298 g/mol. The van der Waals surface area contributed by atoms with Crippen LogP contribution in [0.15, 0.2) is 22.8 Å². The van der Waals surface area contributed by atoms with Gasteiger partial charge < -0.3 is 14.5 Å². The molecule has 0 fully saturated rings. The fourth-order valence-electron chi connectivity index (χ4n) is 1.59. The normalized spacial score (nSPS) is 12.6. The minimum atomic E-state index is -0.837. The molecule has 118 valence electrons. The summed E-state index contributed by atoms with van der Waals surface area (Å²) in [6.07, 6.45) is 1.04. The van der Waals surface area contributed by atoms with Gasteiger partial charge in [-0.3, -0.25) is 9.63 Å². The quantitative estimate of drug-likeness (QED) is 0.837. The van der Waals surface area contributed by atoms with Crippen LogP contribution in [0.2, 0.25) is 0 Å². The molecule has 1 rings (SSSR count). The predicted molar refractivity (Wildman–Crippen MR) is 75.3 cm³/mol. The maximum absolute atomic E-state index is 12.2. The lowest BCUT2D eigenvalue weighted by Gasteiger charge is -2.25. The van der Waals surface area contributed by atoms with Gasteiger partial charge >= 0.3 is 6.09 Å². The van der Waals surface area contributed by atoms with Crippen molar-refractivity contribution in [2.24, 2.45) is 0 Å². The Bertz CT molecular complexity index is 464. The van der Waals surface area contributed by atoms with Gasteiger partial charge in [0.15, 0.2) is 0 Å². The molecule has 0 saturated carbocycles. The molecule has 0 aliphatic carbocycles. The van der Waals surface area contributed by atoms with E-state index in [1.165, 1.54) is 20.4 Å². The third kappa shape index (κ3) is 5.86. The number of amides is 2. The van der Waals surface area contributed by atoms with E-state index in [1.54, 1.807) is 32.9 Å². The van der Waals surface area contributed by atoms with E-state index in [9.17, 15) is 9.59 Å². The maximum Gasteiger partial charge on any atom is 0.408 e. The molecule has 21 heavy (non-hydrogen) atoms. The first-order chi connectivity index (χ1) is 9.73. The van der Waals surface area contributed by atoms with E-state index in [2.05, 4.69) is 5.32 Å². The molecule has 2 amide bonds. The summed E-state index contributed by atoms with van der Waals surface area (Å²) < 4.78 is 10.4. The standard InChI is InChI=1S/C14H22N2O5/c1-14(2,3)21-13(18)15-11(12(17)16(4)19-5)9-10-7-6-8-20-10/h6-8,11H,9H2,1-5H3,(H,15,18)/t11-/m0/s1. The number of rotatable bonds is 5. The van der Waals surface area contributed by atoms with Gasteiger partial charge in [-0.25, -0.2) is 9.86 Å². The molecule has 1 N–H and O–H groups in total. The van der Waals surface area contributed by atoms with E-state index in [4.69, 9.17) is 14.0 Å². The SMILES string of the molecule is CON(C)C(=O)[C@H](Cc1ccco1)NC(=O)OC(C)(C)C. The Labute approximate surface area is 124 Å². The largest absolute Gasteiger partial charge is 0.469 e. The van der Waals surface area contributed by atoms with Crippen molar-refractivity contribution in [3.05, 3.63) is 24.2 Å². The van der Waals surface area contributed by atoms with Crippen LogP contribution in [0.1, 0.15) is 26.5 Å². The van der Waals surface area contributed by atoms with Gasteiger partial charge in [-0.05, 0) is 32.9 Å². The number of nitrogens with zero attached hydrogens (tertiary/aromatic N) is 1. The Kier molecular flexibility index (Phi) is 5.78. The number of ether oxygens (including phenoxy) is 1. The fourth-order valence-corrected chi connectivity index (χ4v) is 1.59. The highest BCUT2D eigenvalue weighted by molar-refractivity contribution is 5.85. The van der Waals surface area contributed by atoms with E-state index in [1.807, 2.05) is 0 Å². The second-order valence-electron chi connectivity index (χ2n) is 5.50. The molecule has 0 spiro atoms. The van der Waals surface area contributed by atoms with Crippen molar-refractivity contribution in [2.75, 3.05) is 14.2 Å². The number of nitrogens with one attached hydrogen (secondary N) is 1. The van der Waals surface area contributed by atoms with Gasteiger partial charge in [-0.1, -0.05) is 0 Å². The number of hydrogen-bond acceptors (Lipinski definition) is 5. The number of carbonyl (C=O) groups excluding carboxylic acids is 2. The zero-order valence-electron chi connectivity index (χ0n) is 13.0. The van der Waals surface area contributed by atoms with Gasteiger partial charge in [0.25, 0.3) is 5.91 Å².